The molecule has 0 saturated carbocycles. The Morgan fingerprint density at radius 1 is 1.25 bits per heavy atom. The van der Waals surface area contributed by atoms with E-state index >= 15 is 0 Å². The van der Waals surface area contributed by atoms with Crippen LogP contribution in [0.15, 0.2) is 63.6 Å². The van der Waals surface area contributed by atoms with Gasteiger partial charge in [-0.05, 0) is 42.3 Å². The van der Waals surface area contributed by atoms with Crippen molar-refractivity contribution < 1.29 is 19.1 Å². The molecular weight excluding hydrogens is 494 g/mol. The second-order valence-corrected chi connectivity index (χ2v) is 8.98. The summed E-state index contributed by atoms with van der Waals surface area (Å²) in [5.74, 6) is -3.67. The highest BCUT2D eigenvalue weighted by Gasteiger charge is 2.44. The van der Waals surface area contributed by atoms with Crippen LogP contribution in [0.3, 0.4) is 0 Å². The summed E-state index contributed by atoms with van der Waals surface area (Å²) < 4.78 is 5.57. The van der Waals surface area contributed by atoms with Crippen LogP contribution in [-0.2, 0) is 19.1 Å². The van der Waals surface area contributed by atoms with E-state index in [1.165, 1.54) is 7.11 Å². The number of rotatable bonds is 6. The fourth-order valence-electron chi connectivity index (χ4n) is 3.44. The fourth-order valence-corrected chi connectivity index (χ4v) is 4.70. The van der Waals surface area contributed by atoms with E-state index in [4.69, 9.17) is 4.74 Å². The van der Waals surface area contributed by atoms with Gasteiger partial charge in [0.05, 0.1) is 29.5 Å². The molecule has 2 aromatic carbocycles. The predicted molar refractivity (Wildman–Crippen MR) is 125 cm³/mol. The lowest BCUT2D eigenvalue weighted by Gasteiger charge is -2.31. The number of esters is 1. The largest absolute Gasteiger partial charge is 0.468 e. The summed E-state index contributed by atoms with van der Waals surface area (Å²) in [6, 6.07) is 16.6. The third kappa shape index (κ3) is 5.39. The lowest BCUT2D eigenvalue weighted by atomic mass is 9.78. The van der Waals surface area contributed by atoms with Crippen LogP contribution in [0.25, 0.3) is 0 Å². The number of aryl methyl sites for hydroxylation is 1. The van der Waals surface area contributed by atoms with Crippen LogP contribution >= 0.6 is 27.7 Å². The number of ether oxygens (including phenoxy) is 1. The van der Waals surface area contributed by atoms with Crippen molar-refractivity contribution in [2.45, 2.75) is 12.8 Å². The SMILES string of the molecule is COC(=O)[C@@H]1C(=O)NC(SCC(=O)Nc2cccc(C)c2)=C(C#N)[C@@H]1c1cccc(Br)c1. The molecule has 0 aromatic heterocycles. The number of thioether (sulfide) groups is 1. The van der Waals surface area contributed by atoms with Gasteiger partial charge in [-0.3, -0.25) is 14.4 Å². The van der Waals surface area contributed by atoms with Crippen molar-refractivity contribution in [1.82, 2.24) is 5.32 Å². The van der Waals surface area contributed by atoms with Crippen molar-refractivity contribution in [2.75, 3.05) is 18.2 Å². The highest BCUT2D eigenvalue weighted by molar-refractivity contribution is 9.10. The van der Waals surface area contributed by atoms with E-state index in [0.29, 0.717) is 11.3 Å². The maximum atomic E-state index is 12.8. The number of amides is 2. The summed E-state index contributed by atoms with van der Waals surface area (Å²) in [5.41, 5.74) is 2.49. The Labute approximate surface area is 198 Å². The predicted octanol–water partition coefficient (Wildman–Crippen LogP) is 3.87. The van der Waals surface area contributed by atoms with E-state index in [9.17, 15) is 19.6 Å². The Morgan fingerprint density at radius 2 is 2.00 bits per heavy atom. The summed E-state index contributed by atoms with van der Waals surface area (Å²) in [7, 11) is 1.20. The molecule has 0 bridgehead atoms. The molecule has 1 aliphatic rings. The molecule has 7 nitrogen and oxygen atoms in total. The molecule has 1 aliphatic heterocycles. The number of benzene rings is 2. The number of nitrogens with zero attached hydrogens (tertiary/aromatic N) is 1. The first kappa shape index (κ1) is 23.6. The molecule has 3 rings (SSSR count). The van der Waals surface area contributed by atoms with Gasteiger partial charge in [0.1, 0.15) is 5.92 Å². The first-order valence-corrected chi connectivity index (χ1v) is 11.4. The summed E-state index contributed by atoms with van der Waals surface area (Å²) in [6.45, 7) is 1.92. The number of hydrogen-bond acceptors (Lipinski definition) is 6. The van der Waals surface area contributed by atoms with Crippen molar-refractivity contribution in [3.05, 3.63) is 74.7 Å². The average Bonchev–Trinajstić information content (AvgIpc) is 2.76. The standard InChI is InChI=1S/C23H20BrN3O4S/c1-13-5-3-8-16(9-13)26-18(28)12-32-22-17(11-25)19(14-6-4-7-15(24)10-14)20(21(29)27-22)23(30)31-2/h3-10,19-20H,12H2,1-2H3,(H,26,28)(H,27,29)/t19-,20-/m0/s1. The molecule has 164 valence electrons. The number of anilines is 1. The van der Waals surface area contributed by atoms with Crippen LogP contribution in [0.4, 0.5) is 5.69 Å². The second-order valence-electron chi connectivity index (χ2n) is 7.08. The minimum absolute atomic E-state index is 0.0250. The molecule has 1 heterocycles. The summed E-state index contributed by atoms with van der Waals surface area (Å²) in [6.07, 6.45) is 0. The summed E-state index contributed by atoms with van der Waals surface area (Å²) in [4.78, 5) is 37.7. The van der Waals surface area contributed by atoms with Gasteiger partial charge in [-0.1, -0.05) is 52.0 Å². The Kier molecular flexibility index (Phi) is 7.72. The van der Waals surface area contributed by atoms with Crippen LogP contribution in [0.2, 0.25) is 0 Å². The number of allylic oxidation sites excluding steroid dienone is 1. The zero-order valence-electron chi connectivity index (χ0n) is 17.3. The molecule has 0 saturated heterocycles. The van der Waals surface area contributed by atoms with Gasteiger partial charge >= 0.3 is 5.97 Å². The highest BCUT2D eigenvalue weighted by Crippen LogP contribution is 2.40. The van der Waals surface area contributed by atoms with Gasteiger partial charge in [0.15, 0.2) is 0 Å². The smallest absolute Gasteiger partial charge is 0.319 e. The first-order chi connectivity index (χ1) is 15.3. The normalized spacial score (nSPS) is 17.9. The van der Waals surface area contributed by atoms with E-state index in [1.54, 1.807) is 30.3 Å². The molecule has 2 aromatic rings. The van der Waals surface area contributed by atoms with Crippen molar-refractivity contribution in [3.8, 4) is 6.07 Å². The van der Waals surface area contributed by atoms with Gasteiger partial charge in [0.2, 0.25) is 11.8 Å². The maximum absolute atomic E-state index is 12.8. The van der Waals surface area contributed by atoms with Crippen molar-refractivity contribution in [2.24, 2.45) is 5.92 Å². The molecule has 0 aliphatic carbocycles. The van der Waals surface area contributed by atoms with Crippen LogP contribution in [-0.4, -0.2) is 30.6 Å². The molecule has 0 spiro atoms. The number of carbonyl (C=O) groups excluding carboxylic acids is 3. The van der Waals surface area contributed by atoms with Crippen LogP contribution in [0, 0.1) is 24.2 Å². The Hall–Kier alpha value is -3.09. The Bertz CT molecular complexity index is 1140. The number of hydrogen-bond donors (Lipinski definition) is 2. The first-order valence-electron chi connectivity index (χ1n) is 9.61. The number of nitriles is 1. The number of nitrogens with one attached hydrogen (secondary N) is 2. The minimum Gasteiger partial charge on any atom is -0.468 e. The minimum atomic E-state index is -1.21. The van der Waals surface area contributed by atoms with E-state index < -0.39 is 23.7 Å². The lowest BCUT2D eigenvalue weighted by molar-refractivity contribution is -0.150. The highest BCUT2D eigenvalue weighted by atomic mass is 79.9. The molecule has 2 N–H and O–H groups in total. The van der Waals surface area contributed by atoms with Crippen LogP contribution in [0.5, 0.6) is 0 Å². The van der Waals surface area contributed by atoms with E-state index in [1.807, 2.05) is 25.1 Å². The van der Waals surface area contributed by atoms with Crippen molar-refractivity contribution in [1.29, 1.82) is 5.26 Å². The van der Waals surface area contributed by atoms with Gasteiger partial charge in [0, 0.05) is 16.1 Å². The van der Waals surface area contributed by atoms with E-state index in [-0.39, 0.29) is 22.3 Å². The van der Waals surface area contributed by atoms with Crippen molar-refractivity contribution in [3.63, 3.8) is 0 Å². The maximum Gasteiger partial charge on any atom is 0.319 e. The third-order valence-electron chi connectivity index (χ3n) is 4.84. The average molecular weight is 514 g/mol. The number of methoxy groups -OCH3 is 1. The monoisotopic (exact) mass is 513 g/mol. The summed E-state index contributed by atoms with van der Waals surface area (Å²) in [5, 5.41) is 15.6. The zero-order valence-corrected chi connectivity index (χ0v) is 19.7. The lowest BCUT2D eigenvalue weighted by Crippen LogP contribution is -2.44. The Balaban J connectivity index is 1.89. The molecule has 9 heteroatoms. The molecular formula is C23H20BrN3O4S. The van der Waals surface area contributed by atoms with Gasteiger partial charge in [-0.25, -0.2) is 0 Å². The molecule has 0 unspecified atom stereocenters. The van der Waals surface area contributed by atoms with Gasteiger partial charge < -0.3 is 15.4 Å². The fraction of sp³-hybridized carbons (Fsp3) is 0.217. The van der Waals surface area contributed by atoms with E-state index in [0.717, 1.165) is 21.8 Å². The van der Waals surface area contributed by atoms with Gasteiger partial charge in [-0.2, -0.15) is 5.26 Å². The van der Waals surface area contributed by atoms with Crippen molar-refractivity contribution >= 4 is 51.2 Å². The van der Waals surface area contributed by atoms with E-state index in [2.05, 4.69) is 32.6 Å². The molecule has 2 amide bonds. The third-order valence-corrected chi connectivity index (χ3v) is 6.35. The molecule has 32 heavy (non-hydrogen) atoms. The topological polar surface area (TPSA) is 108 Å². The Morgan fingerprint density at radius 3 is 2.66 bits per heavy atom. The van der Waals surface area contributed by atoms with Gasteiger partial charge in [-0.15, -0.1) is 0 Å². The van der Waals surface area contributed by atoms with Crippen LogP contribution in [0.1, 0.15) is 17.0 Å². The number of carbonyl (C=O) groups is 3. The summed E-state index contributed by atoms with van der Waals surface area (Å²) >= 11 is 4.43. The second kappa shape index (κ2) is 10.5. The molecule has 0 radical (unpaired) electrons. The molecule has 0 fully saturated rings. The van der Waals surface area contributed by atoms with Crippen LogP contribution < -0.4 is 10.6 Å². The zero-order chi connectivity index (χ0) is 23.3. The quantitative estimate of drug-likeness (QED) is 0.448. The van der Waals surface area contributed by atoms with Gasteiger partial charge in [0.25, 0.3) is 0 Å². The number of halogens is 1. The molecule has 2 atom stereocenters.